The minimum atomic E-state index is -0.664. The molecule has 0 saturated heterocycles. The number of halogens is 2. The number of anilines is 2. The molecule has 0 saturated carbocycles. The van der Waals surface area contributed by atoms with Gasteiger partial charge in [-0.1, -0.05) is 29.8 Å². The normalized spacial score (nSPS) is 16.6. The van der Waals surface area contributed by atoms with Crippen LogP contribution in [0, 0.1) is 5.82 Å². The van der Waals surface area contributed by atoms with Gasteiger partial charge in [0.1, 0.15) is 5.82 Å². The summed E-state index contributed by atoms with van der Waals surface area (Å²) in [6.45, 7) is 0. The summed E-state index contributed by atoms with van der Waals surface area (Å²) in [5.74, 6) is -1.93. The first-order valence-electron chi connectivity index (χ1n) is 6.69. The van der Waals surface area contributed by atoms with Crippen LogP contribution in [0.25, 0.3) is 0 Å². The summed E-state index contributed by atoms with van der Waals surface area (Å²) in [5.41, 5.74) is 1.31. The Morgan fingerprint density at radius 2 is 2.05 bits per heavy atom. The monoisotopic (exact) mass is 318 g/mol. The molecule has 0 unspecified atom stereocenters. The van der Waals surface area contributed by atoms with Gasteiger partial charge < -0.3 is 10.6 Å². The van der Waals surface area contributed by atoms with Gasteiger partial charge in [-0.2, -0.15) is 0 Å². The molecule has 4 nitrogen and oxygen atoms in total. The summed E-state index contributed by atoms with van der Waals surface area (Å²) < 4.78 is 13.7. The molecule has 2 aromatic rings. The largest absolute Gasteiger partial charge is 0.326 e. The standard InChI is InChI=1S/C16H12ClFN2O2/c17-9-5-6-12(18)14(7-9)20-16(22)11-8-15(21)19-13-4-2-1-3-10(11)13/h1-7,11H,8H2,(H,19,21)(H,20,22)/t11-/m1/s1. The number of carbonyl (C=O) groups is 2. The second-order valence-corrected chi connectivity index (χ2v) is 5.44. The molecule has 3 rings (SSSR count). The molecule has 0 aromatic heterocycles. The molecular formula is C16H12ClFN2O2. The van der Waals surface area contributed by atoms with Crippen LogP contribution in [-0.2, 0) is 9.59 Å². The van der Waals surface area contributed by atoms with Gasteiger partial charge in [-0.3, -0.25) is 9.59 Å². The van der Waals surface area contributed by atoms with Gasteiger partial charge in [-0.05, 0) is 29.8 Å². The zero-order chi connectivity index (χ0) is 15.7. The van der Waals surface area contributed by atoms with Gasteiger partial charge in [0.15, 0.2) is 0 Å². The highest BCUT2D eigenvalue weighted by atomic mass is 35.5. The lowest BCUT2D eigenvalue weighted by molar-refractivity contribution is -0.123. The number of rotatable bonds is 2. The van der Waals surface area contributed by atoms with E-state index in [1.54, 1.807) is 24.3 Å². The fraction of sp³-hybridized carbons (Fsp3) is 0.125. The molecular weight excluding hydrogens is 307 g/mol. The molecule has 2 amide bonds. The Labute approximate surface area is 131 Å². The average Bonchev–Trinajstić information content (AvgIpc) is 2.50. The van der Waals surface area contributed by atoms with Crippen molar-refractivity contribution in [2.45, 2.75) is 12.3 Å². The lowest BCUT2D eigenvalue weighted by Gasteiger charge is -2.24. The summed E-state index contributed by atoms with van der Waals surface area (Å²) in [5, 5.41) is 5.54. The van der Waals surface area contributed by atoms with Gasteiger partial charge in [0.25, 0.3) is 0 Å². The molecule has 1 aliphatic rings. The lowest BCUT2D eigenvalue weighted by atomic mass is 9.90. The van der Waals surface area contributed by atoms with Crippen molar-refractivity contribution in [3.63, 3.8) is 0 Å². The van der Waals surface area contributed by atoms with E-state index in [4.69, 9.17) is 11.6 Å². The fourth-order valence-electron chi connectivity index (χ4n) is 2.46. The summed E-state index contributed by atoms with van der Waals surface area (Å²) >= 11 is 5.81. The smallest absolute Gasteiger partial charge is 0.232 e. The van der Waals surface area contributed by atoms with E-state index in [2.05, 4.69) is 10.6 Å². The Bertz CT molecular complexity index is 764. The fourth-order valence-corrected chi connectivity index (χ4v) is 2.63. The van der Waals surface area contributed by atoms with E-state index in [0.717, 1.165) is 0 Å². The van der Waals surface area contributed by atoms with Crippen molar-refractivity contribution in [1.29, 1.82) is 0 Å². The van der Waals surface area contributed by atoms with Crippen LogP contribution in [-0.4, -0.2) is 11.8 Å². The molecule has 6 heteroatoms. The first-order chi connectivity index (χ1) is 10.5. The Morgan fingerprint density at radius 3 is 2.86 bits per heavy atom. The molecule has 0 spiro atoms. The van der Waals surface area contributed by atoms with E-state index >= 15 is 0 Å². The van der Waals surface area contributed by atoms with Crippen LogP contribution in [0.3, 0.4) is 0 Å². The van der Waals surface area contributed by atoms with Crippen molar-refractivity contribution in [1.82, 2.24) is 0 Å². The molecule has 0 fully saturated rings. The van der Waals surface area contributed by atoms with E-state index in [0.29, 0.717) is 16.3 Å². The molecule has 2 N–H and O–H groups in total. The van der Waals surface area contributed by atoms with Gasteiger partial charge >= 0.3 is 0 Å². The summed E-state index contributed by atoms with van der Waals surface area (Å²) in [4.78, 5) is 24.2. The number of benzene rings is 2. The highest BCUT2D eigenvalue weighted by Gasteiger charge is 2.30. The number of amides is 2. The van der Waals surface area contributed by atoms with Crippen LogP contribution in [0.4, 0.5) is 15.8 Å². The van der Waals surface area contributed by atoms with Gasteiger partial charge in [0.2, 0.25) is 11.8 Å². The van der Waals surface area contributed by atoms with Crippen molar-refractivity contribution >= 4 is 34.8 Å². The number of hydrogen-bond donors (Lipinski definition) is 2. The first kappa shape index (κ1) is 14.5. The SMILES string of the molecule is O=C1C[C@@H](C(=O)Nc2cc(Cl)ccc2F)c2ccccc2N1. The highest BCUT2D eigenvalue weighted by Crippen LogP contribution is 2.33. The van der Waals surface area contributed by atoms with Crippen LogP contribution >= 0.6 is 11.6 Å². The maximum Gasteiger partial charge on any atom is 0.232 e. The Kier molecular flexibility index (Phi) is 3.81. The van der Waals surface area contributed by atoms with Crippen LogP contribution in [0.1, 0.15) is 17.9 Å². The Morgan fingerprint density at radius 1 is 1.27 bits per heavy atom. The van der Waals surface area contributed by atoms with Gasteiger partial charge in [0, 0.05) is 17.1 Å². The van der Waals surface area contributed by atoms with Gasteiger partial charge in [-0.25, -0.2) is 4.39 Å². The van der Waals surface area contributed by atoms with Crippen LogP contribution in [0.5, 0.6) is 0 Å². The number of para-hydroxylation sites is 1. The third kappa shape index (κ3) is 2.80. The van der Waals surface area contributed by atoms with Gasteiger partial charge in [0.05, 0.1) is 11.6 Å². The van der Waals surface area contributed by atoms with Crippen molar-refractivity contribution in [2.24, 2.45) is 0 Å². The van der Waals surface area contributed by atoms with Gasteiger partial charge in [-0.15, -0.1) is 0 Å². The highest BCUT2D eigenvalue weighted by molar-refractivity contribution is 6.30. The predicted octanol–water partition coefficient (Wildman–Crippen LogP) is 3.54. The van der Waals surface area contributed by atoms with E-state index in [1.807, 2.05) is 0 Å². The number of nitrogens with one attached hydrogen (secondary N) is 2. The Balaban J connectivity index is 1.89. The minimum absolute atomic E-state index is 0.000891. The molecule has 0 radical (unpaired) electrons. The number of hydrogen-bond acceptors (Lipinski definition) is 2. The van der Waals surface area contributed by atoms with Crippen molar-refractivity contribution in [3.8, 4) is 0 Å². The molecule has 0 bridgehead atoms. The topological polar surface area (TPSA) is 58.2 Å². The van der Waals surface area contributed by atoms with Crippen molar-refractivity contribution in [3.05, 3.63) is 58.9 Å². The third-order valence-corrected chi connectivity index (χ3v) is 3.74. The van der Waals surface area contributed by atoms with E-state index in [-0.39, 0.29) is 18.0 Å². The van der Waals surface area contributed by atoms with E-state index in [9.17, 15) is 14.0 Å². The second kappa shape index (κ2) is 5.77. The van der Waals surface area contributed by atoms with Crippen molar-refractivity contribution in [2.75, 3.05) is 10.6 Å². The number of carbonyl (C=O) groups excluding carboxylic acids is 2. The molecule has 1 aliphatic heterocycles. The molecule has 1 atom stereocenters. The molecule has 1 heterocycles. The molecule has 2 aromatic carbocycles. The number of fused-ring (bicyclic) bond motifs is 1. The van der Waals surface area contributed by atoms with Crippen LogP contribution in [0.2, 0.25) is 5.02 Å². The lowest BCUT2D eigenvalue weighted by Crippen LogP contribution is -2.30. The molecule has 0 aliphatic carbocycles. The maximum atomic E-state index is 13.7. The first-order valence-corrected chi connectivity index (χ1v) is 7.07. The Hall–Kier alpha value is -2.40. The van der Waals surface area contributed by atoms with E-state index < -0.39 is 17.6 Å². The summed E-state index contributed by atoms with van der Waals surface area (Å²) in [7, 11) is 0. The molecule has 112 valence electrons. The second-order valence-electron chi connectivity index (χ2n) is 5.01. The molecule has 22 heavy (non-hydrogen) atoms. The minimum Gasteiger partial charge on any atom is -0.326 e. The quantitative estimate of drug-likeness (QED) is 0.889. The van der Waals surface area contributed by atoms with E-state index in [1.165, 1.54) is 18.2 Å². The summed E-state index contributed by atoms with van der Waals surface area (Å²) in [6, 6.07) is 11.0. The van der Waals surface area contributed by atoms with Crippen LogP contribution < -0.4 is 10.6 Å². The van der Waals surface area contributed by atoms with Crippen LogP contribution in [0.15, 0.2) is 42.5 Å². The summed E-state index contributed by atoms with van der Waals surface area (Å²) in [6.07, 6.45) is 0.0189. The average molecular weight is 319 g/mol. The zero-order valence-corrected chi connectivity index (χ0v) is 12.2. The predicted molar refractivity (Wildman–Crippen MR) is 82.5 cm³/mol. The third-order valence-electron chi connectivity index (χ3n) is 3.50. The zero-order valence-electron chi connectivity index (χ0n) is 11.4. The maximum absolute atomic E-state index is 13.7. The van der Waals surface area contributed by atoms with Crippen molar-refractivity contribution < 1.29 is 14.0 Å².